The van der Waals surface area contributed by atoms with Gasteiger partial charge in [0.25, 0.3) is 0 Å². The average molecular weight is 301 g/mol. The smallest absolute Gasteiger partial charge is 0.411 e. The topological polar surface area (TPSA) is 65.1 Å². The summed E-state index contributed by atoms with van der Waals surface area (Å²) in [5, 5.41) is 0. The molecule has 1 rings (SSSR count). The first kappa shape index (κ1) is 17.8. The highest BCUT2D eigenvalue weighted by molar-refractivity contribution is 5.86. The molecule has 1 atom stereocenters. The lowest BCUT2D eigenvalue weighted by Crippen LogP contribution is -2.54. The van der Waals surface area contributed by atoms with Crippen molar-refractivity contribution in [1.29, 1.82) is 0 Å². The first-order valence-electron chi connectivity index (χ1n) is 7.35. The molecule has 0 aromatic carbocycles. The Morgan fingerprint density at radius 1 is 1.24 bits per heavy atom. The molecule has 0 aliphatic carbocycles. The first-order chi connectivity index (χ1) is 9.77. The molecule has 0 N–H and O–H groups in total. The van der Waals surface area contributed by atoms with Gasteiger partial charge in [-0.2, -0.15) is 0 Å². The molecule has 0 bridgehead atoms. The molecule has 1 heterocycles. The molecular weight excluding hydrogens is 274 g/mol. The van der Waals surface area contributed by atoms with Crippen LogP contribution in [0.15, 0.2) is 0 Å². The molecule has 6 heteroatoms. The predicted octanol–water partition coefficient (Wildman–Crippen LogP) is 2.36. The number of ether oxygens (including phenoxy) is 3. The third-order valence-electron chi connectivity index (χ3n) is 3.61. The van der Waals surface area contributed by atoms with E-state index in [2.05, 4.69) is 0 Å². The number of hydrogen-bond acceptors (Lipinski definition) is 5. The summed E-state index contributed by atoms with van der Waals surface area (Å²) in [6.45, 7) is 6.49. The van der Waals surface area contributed by atoms with Crippen LogP contribution in [-0.4, -0.2) is 55.5 Å². The molecule has 122 valence electrons. The molecule has 1 fully saturated rings. The van der Waals surface area contributed by atoms with Crippen molar-refractivity contribution in [3.05, 3.63) is 0 Å². The van der Waals surface area contributed by atoms with Gasteiger partial charge >= 0.3 is 12.1 Å². The standard InChI is InChI=1S/C15H27NO5/c1-14(2,3)21-13(18)16-10-6-8-15(16,12(17)20-5)9-7-11-19-4/h6-11H2,1-5H3. The number of rotatable bonds is 5. The van der Waals surface area contributed by atoms with Crippen LogP contribution in [0.1, 0.15) is 46.5 Å². The molecule has 0 saturated carbocycles. The number of nitrogens with zero attached hydrogens (tertiary/aromatic N) is 1. The number of likely N-dealkylation sites (tertiary alicyclic amines) is 1. The number of amides is 1. The van der Waals surface area contributed by atoms with Crippen LogP contribution in [0.25, 0.3) is 0 Å². The molecular formula is C15H27NO5. The second-order valence-electron chi connectivity index (χ2n) is 6.36. The number of methoxy groups -OCH3 is 2. The van der Waals surface area contributed by atoms with Crippen LogP contribution in [0, 0.1) is 0 Å². The van der Waals surface area contributed by atoms with Gasteiger partial charge in [0, 0.05) is 20.3 Å². The van der Waals surface area contributed by atoms with Crippen molar-refractivity contribution < 1.29 is 23.8 Å². The fourth-order valence-electron chi connectivity index (χ4n) is 2.73. The van der Waals surface area contributed by atoms with E-state index in [1.54, 1.807) is 7.11 Å². The van der Waals surface area contributed by atoms with E-state index >= 15 is 0 Å². The Hall–Kier alpha value is -1.30. The van der Waals surface area contributed by atoms with Gasteiger partial charge in [-0.05, 0) is 46.5 Å². The minimum absolute atomic E-state index is 0.373. The van der Waals surface area contributed by atoms with Crippen molar-refractivity contribution >= 4 is 12.1 Å². The molecule has 0 radical (unpaired) electrons. The third-order valence-corrected chi connectivity index (χ3v) is 3.61. The van der Waals surface area contributed by atoms with Crippen LogP contribution in [0.2, 0.25) is 0 Å². The second-order valence-corrected chi connectivity index (χ2v) is 6.36. The highest BCUT2D eigenvalue weighted by Crippen LogP contribution is 2.36. The van der Waals surface area contributed by atoms with Crippen LogP contribution in [0.3, 0.4) is 0 Å². The maximum atomic E-state index is 12.4. The van der Waals surface area contributed by atoms with Gasteiger partial charge in [0.15, 0.2) is 0 Å². The van der Waals surface area contributed by atoms with E-state index in [4.69, 9.17) is 14.2 Å². The summed E-state index contributed by atoms with van der Waals surface area (Å²) < 4.78 is 15.4. The van der Waals surface area contributed by atoms with Gasteiger partial charge in [0.2, 0.25) is 0 Å². The monoisotopic (exact) mass is 301 g/mol. The summed E-state index contributed by atoms with van der Waals surface area (Å²) >= 11 is 0. The Morgan fingerprint density at radius 3 is 2.43 bits per heavy atom. The Bertz CT molecular complexity index is 377. The van der Waals surface area contributed by atoms with Crippen LogP contribution < -0.4 is 0 Å². The molecule has 0 spiro atoms. The highest BCUT2D eigenvalue weighted by atomic mass is 16.6. The number of esters is 1. The quantitative estimate of drug-likeness (QED) is 0.576. The Kier molecular flexibility index (Phi) is 6.01. The molecule has 1 unspecified atom stereocenters. The normalized spacial score (nSPS) is 22.2. The molecule has 0 aromatic rings. The Morgan fingerprint density at radius 2 is 1.90 bits per heavy atom. The predicted molar refractivity (Wildman–Crippen MR) is 78.0 cm³/mol. The lowest BCUT2D eigenvalue weighted by molar-refractivity contribution is -0.153. The number of carbonyl (C=O) groups excluding carboxylic acids is 2. The Labute approximate surface area is 126 Å². The molecule has 1 aliphatic rings. The summed E-state index contributed by atoms with van der Waals surface area (Å²) in [7, 11) is 2.97. The highest BCUT2D eigenvalue weighted by Gasteiger charge is 2.51. The zero-order valence-corrected chi connectivity index (χ0v) is 13.7. The third kappa shape index (κ3) is 4.33. The van der Waals surface area contributed by atoms with E-state index in [0.717, 1.165) is 6.42 Å². The lowest BCUT2D eigenvalue weighted by atomic mass is 9.90. The van der Waals surface area contributed by atoms with Gasteiger partial charge < -0.3 is 14.2 Å². The molecule has 1 aliphatic heterocycles. The van der Waals surface area contributed by atoms with E-state index in [0.29, 0.717) is 32.4 Å². The van der Waals surface area contributed by atoms with Gasteiger partial charge in [-0.3, -0.25) is 4.90 Å². The van der Waals surface area contributed by atoms with Gasteiger partial charge in [0.1, 0.15) is 11.1 Å². The molecule has 0 aromatic heterocycles. The van der Waals surface area contributed by atoms with Crippen molar-refractivity contribution in [2.45, 2.75) is 57.6 Å². The van der Waals surface area contributed by atoms with E-state index in [1.165, 1.54) is 12.0 Å². The fraction of sp³-hybridized carbons (Fsp3) is 0.867. The van der Waals surface area contributed by atoms with Gasteiger partial charge in [-0.15, -0.1) is 0 Å². The van der Waals surface area contributed by atoms with E-state index in [-0.39, 0.29) is 5.97 Å². The van der Waals surface area contributed by atoms with Gasteiger partial charge in [-0.1, -0.05) is 0 Å². The zero-order chi connectivity index (χ0) is 16.1. The van der Waals surface area contributed by atoms with Crippen molar-refractivity contribution in [2.24, 2.45) is 0 Å². The molecule has 21 heavy (non-hydrogen) atoms. The van der Waals surface area contributed by atoms with E-state index < -0.39 is 17.2 Å². The maximum absolute atomic E-state index is 12.4. The second kappa shape index (κ2) is 7.11. The summed E-state index contributed by atoms with van der Waals surface area (Å²) in [4.78, 5) is 26.2. The maximum Gasteiger partial charge on any atom is 0.411 e. The van der Waals surface area contributed by atoms with Crippen molar-refractivity contribution in [2.75, 3.05) is 27.4 Å². The van der Waals surface area contributed by atoms with Gasteiger partial charge in [0.05, 0.1) is 7.11 Å². The van der Waals surface area contributed by atoms with Gasteiger partial charge in [-0.25, -0.2) is 9.59 Å². The molecule has 6 nitrogen and oxygen atoms in total. The minimum Gasteiger partial charge on any atom is -0.467 e. The van der Waals surface area contributed by atoms with E-state index in [9.17, 15) is 9.59 Å². The van der Waals surface area contributed by atoms with Crippen molar-refractivity contribution in [1.82, 2.24) is 4.90 Å². The summed E-state index contributed by atoms with van der Waals surface area (Å²) in [6.07, 6.45) is 2.12. The number of carbonyl (C=O) groups is 2. The average Bonchev–Trinajstić information content (AvgIpc) is 2.81. The van der Waals surface area contributed by atoms with Crippen LogP contribution in [0.4, 0.5) is 4.79 Å². The minimum atomic E-state index is -0.921. The van der Waals surface area contributed by atoms with E-state index in [1.807, 2.05) is 20.8 Å². The SMILES string of the molecule is COCCCC1(C(=O)OC)CCCN1C(=O)OC(C)(C)C. The molecule has 1 saturated heterocycles. The van der Waals surface area contributed by atoms with Crippen LogP contribution in [0.5, 0.6) is 0 Å². The summed E-state index contributed by atoms with van der Waals surface area (Å²) in [5.74, 6) is -0.373. The summed E-state index contributed by atoms with van der Waals surface area (Å²) in [6, 6.07) is 0. The fourth-order valence-corrected chi connectivity index (χ4v) is 2.73. The largest absolute Gasteiger partial charge is 0.467 e. The number of hydrogen-bond donors (Lipinski definition) is 0. The lowest BCUT2D eigenvalue weighted by Gasteiger charge is -2.36. The van der Waals surface area contributed by atoms with Crippen LogP contribution in [-0.2, 0) is 19.0 Å². The summed E-state index contributed by atoms with van der Waals surface area (Å²) in [5.41, 5.74) is -1.51. The van der Waals surface area contributed by atoms with Crippen molar-refractivity contribution in [3.8, 4) is 0 Å². The first-order valence-corrected chi connectivity index (χ1v) is 7.35. The zero-order valence-electron chi connectivity index (χ0n) is 13.7. The van der Waals surface area contributed by atoms with Crippen LogP contribution >= 0.6 is 0 Å². The van der Waals surface area contributed by atoms with Crippen molar-refractivity contribution in [3.63, 3.8) is 0 Å². The Balaban J connectivity index is 2.93. The molecule has 1 amide bonds.